The van der Waals surface area contributed by atoms with E-state index in [1.807, 2.05) is 30.1 Å². The van der Waals surface area contributed by atoms with Crippen LogP contribution in [-0.4, -0.2) is 30.7 Å². The third-order valence-electron chi connectivity index (χ3n) is 5.31. The Bertz CT molecular complexity index is 748. The Labute approximate surface area is 137 Å². The van der Waals surface area contributed by atoms with Crippen molar-refractivity contribution >= 4 is 0 Å². The fraction of sp³-hybridized carbons (Fsp3) is 0.500. The number of aromatic nitrogens is 4. The summed E-state index contributed by atoms with van der Waals surface area (Å²) in [6.07, 6.45) is 9.47. The van der Waals surface area contributed by atoms with Crippen LogP contribution in [0.1, 0.15) is 47.2 Å². The summed E-state index contributed by atoms with van der Waals surface area (Å²) >= 11 is 0. The average Bonchev–Trinajstić information content (AvgIpc) is 3.01. The maximum atomic E-state index is 4.68. The number of hydrogen-bond donors (Lipinski definition) is 0. The van der Waals surface area contributed by atoms with Crippen molar-refractivity contribution in [2.75, 3.05) is 0 Å². The molecule has 4 heterocycles. The van der Waals surface area contributed by atoms with Crippen molar-refractivity contribution in [2.45, 2.75) is 58.3 Å². The summed E-state index contributed by atoms with van der Waals surface area (Å²) in [6, 6.07) is 1.07. The number of hydrogen-bond acceptors (Lipinski definition) is 4. The monoisotopic (exact) mass is 309 g/mol. The second-order valence-electron chi connectivity index (χ2n) is 6.67. The van der Waals surface area contributed by atoms with E-state index in [4.69, 9.17) is 0 Å². The molecule has 5 heteroatoms. The molecule has 0 aliphatic carbocycles. The molecule has 0 radical (unpaired) electrons. The van der Waals surface area contributed by atoms with E-state index in [2.05, 4.69) is 33.5 Å². The fourth-order valence-electron chi connectivity index (χ4n) is 4.06. The minimum Gasteiger partial charge on any atom is -0.288 e. The van der Waals surface area contributed by atoms with Crippen LogP contribution in [0.2, 0.25) is 0 Å². The Balaban J connectivity index is 1.61. The van der Waals surface area contributed by atoms with Crippen LogP contribution in [0.25, 0.3) is 0 Å². The first-order valence-corrected chi connectivity index (χ1v) is 8.37. The first-order chi connectivity index (χ1) is 11.2. The zero-order valence-corrected chi connectivity index (χ0v) is 13.9. The van der Waals surface area contributed by atoms with Gasteiger partial charge in [0.05, 0.1) is 18.4 Å². The van der Waals surface area contributed by atoms with Crippen molar-refractivity contribution in [3.8, 4) is 0 Å². The Morgan fingerprint density at radius 2 is 2.17 bits per heavy atom. The Kier molecular flexibility index (Phi) is 3.53. The molecule has 1 fully saturated rings. The first-order valence-electron chi connectivity index (χ1n) is 8.37. The van der Waals surface area contributed by atoms with E-state index >= 15 is 0 Å². The molecule has 2 aromatic heterocycles. The summed E-state index contributed by atoms with van der Waals surface area (Å²) in [4.78, 5) is 11.7. The standard InChI is InChI=1S/C18H23N5/c1-4-7-23-12(2)14(9-20-23)11-22-15-5-6-18(22)16-10-19-13(3)21-17(16)8-15/h4,9-10,15,18H,1,5-8,11H2,2-3H3/t15-,18-/m1/s1. The summed E-state index contributed by atoms with van der Waals surface area (Å²) in [5.41, 5.74) is 5.16. The maximum Gasteiger partial charge on any atom is 0.125 e. The number of rotatable bonds is 4. The van der Waals surface area contributed by atoms with Crippen LogP contribution in [0, 0.1) is 13.8 Å². The third-order valence-corrected chi connectivity index (χ3v) is 5.31. The van der Waals surface area contributed by atoms with Gasteiger partial charge in [0.1, 0.15) is 5.82 Å². The molecule has 0 saturated carbocycles. The third kappa shape index (κ3) is 2.39. The molecule has 23 heavy (non-hydrogen) atoms. The summed E-state index contributed by atoms with van der Waals surface area (Å²) < 4.78 is 2.02. The molecule has 0 amide bonds. The van der Waals surface area contributed by atoms with Gasteiger partial charge in [-0.25, -0.2) is 9.97 Å². The van der Waals surface area contributed by atoms with E-state index in [9.17, 15) is 0 Å². The Morgan fingerprint density at radius 1 is 1.30 bits per heavy atom. The predicted octanol–water partition coefficient (Wildman–Crippen LogP) is 2.74. The molecule has 120 valence electrons. The molecule has 0 unspecified atom stereocenters. The molecular weight excluding hydrogens is 286 g/mol. The first kappa shape index (κ1) is 14.6. The summed E-state index contributed by atoms with van der Waals surface area (Å²) in [5, 5.41) is 4.49. The zero-order chi connectivity index (χ0) is 16.0. The lowest BCUT2D eigenvalue weighted by molar-refractivity contribution is 0.165. The molecule has 0 spiro atoms. The van der Waals surface area contributed by atoms with Crippen LogP contribution < -0.4 is 0 Å². The molecule has 4 rings (SSSR count). The predicted molar refractivity (Wildman–Crippen MR) is 88.9 cm³/mol. The van der Waals surface area contributed by atoms with Gasteiger partial charge in [0.25, 0.3) is 0 Å². The van der Waals surface area contributed by atoms with Gasteiger partial charge in [0.2, 0.25) is 0 Å². The molecule has 2 aromatic rings. The Hall–Kier alpha value is -2.01. The van der Waals surface area contributed by atoms with Crippen molar-refractivity contribution in [3.05, 3.63) is 53.4 Å². The van der Waals surface area contributed by atoms with E-state index in [1.54, 1.807) is 0 Å². The zero-order valence-electron chi connectivity index (χ0n) is 13.9. The second kappa shape index (κ2) is 5.57. The van der Waals surface area contributed by atoms with Crippen molar-refractivity contribution in [1.82, 2.24) is 24.6 Å². The highest BCUT2D eigenvalue weighted by atomic mass is 15.3. The van der Waals surface area contributed by atoms with Crippen molar-refractivity contribution in [3.63, 3.8) is 0 Å². The lowest BCUT2D eigenvalue weighted by Crippen LogP contribution is -2.37. The lowest BCUT2D eigenvalue weighted by Gasteiger charge is -2.35. The van der Waals surface area contributed by atoms with Gasteiger partial charge in [-0.3, -0.25) is 9.58 Å². The van der Waals surface area contributed by atoms with E-state index in [1.165, 1.54) is 35.4 Å². The largest absolute Gasteiger partial charge is 0.288 e. The molecule has 5 nitrogen and oxygen atoms in total. The molecule has 2 aliphatic rings. The topological polar surface area (TPSA) is 46.8 Å². The number of nitrogens with zero attached hydrogens (tertiary/aromatic N) is 5. The van der Waals surface area contributed by atoms with Crippen LogP contribution in [-0.2, 0) is 19.5 Å². The second-order valence-corrected chi connectivity index (χ2v) is 6.67. The van der Waals surface area contributed by atoms with E-state index in [-0.39, 0.29) is 0 Å². The maximum absolute atomic E-state index is 4.68. The number of allylic oxidation sites excluding steroid dienone is 1. The minimum atomic E-state index is 0.464. The molecule has 1 saturated heterocycles. The van der Waals surface area contributed by atoms with E-state index in [0.29, 0.717) is 12.1 Å². The van der Waals surface area contributed by atoms with E-state index < -0.39 is 0 Å². The van der Waals surface area contributed by atoms with Crippen LogP contribution in [0.3, 0.4) is 0 Å². The normalized spacial score (nSPS) is 23.0. The van der Waals surface area contributed by atoms with Crippen molar-refractivity contribution in [1.29, 1.82) is 0 Å². The van der Waals surface area contributed by atoms with Crippen LogP contribution in [0.15, 0.2) is 25.0 Å². The van der Waals surface area contributed by atoms with Gasteiger partial charge < -0.3 is 0 Å². The van der Waals surface area contributed by atoms with E-state index in [0.717, 1.165) is 25.3 Å². The highest BCUT2D eigenvalue weighted by molar-refractivity contribution is 5.29. The molecular formula is C18H23N5. The van der Waals surface area contributed by atoms with Crippen LogP contribution in [0.5, 0.6) is 0 Å². The molecule has 0 N–H and O–H groups in total. The van der Waals surface area contributed by atoms with Crippen molar-refractivity contribution in [2.24, 2.45) is 0 Å². The highest BCUT2D eigenvalue weighted by Crippen LogP contribution is 2.43. The SMILES string of the molecule is C=CCn1ncc(CN2[C@@H]3CC[C@@H]2c2cnc(C)nc2C3)c1C. The van der Waals surface area contributed by atoms with Gasteiger partial charge in [-0.2, -0.15) is 5.10 Å². The summed E-state index contributed by atoms with van der Waals surface area (Å²) in [6.45, 7) is 9.67. The molecule has 0 aromatic carbocycles. The van der Waals surface area contributed by atoms with Gasteiger partial charge in [0, 0.05) is 48.1 Å². The van der Waals surface area contributed by atoms with Gasteiger partial charge in [-0.05, 0) is 26.7 Å². The minimum absolute atomic E-state index is 0.464. The Morgan fingerprint density at radius 3 is 3.00 bits per heavy atom. The summed E-state index contributed by atoms with van der Waals surface area (Å²) in [7, 11) is 0. The molecule has 2 bridgehead atoms. The number of fused-ring (bicyclic) bond motifs is 4. The summed E-state index contributed by atoms with van der Waals surface area (Å²) in [5.74, 6) is 0.887. The smallest absolute Gasteiger partial charge is 0.125 e. The molecule has 2 aliphatic heterocycles. The van der Waals surface area contributed by atoms with Crippen LogP contribution >= 0.6 is 0 Å². The number of aryl methyl sites for hydroxylation is 1. The lowest BCUT2D eigenvalue weighted by atomic mass is 9.98. The van der Waals surface area contributed by atoms with Gasteiger partial charge in [-0.1, -0.05) is 6.08 Å². The fourth-order valence-corrected chi connectivity index (χ4v) is 4.06. The highest BCUT2D eigenvalue weighted by Gasteiger charge is 2.40. The molecule has 2 atom stereocenters. The average molecular weight is 309 g/mol. The van der Waals surface area contributed by atoms with Gasteiger partial charge >= 0.3 is 0 Å². The quantitative estimate of drug-likeness (QED) is 0.815. The van der Waals surface area contributed by atoms with Crippen LogP contribution in [0.4, 0.5) is 0 Å². The van der Waals surface area contributed by atoms with Gasteiger partial charge in [-0.15, -0.1) is 6.58 Å². The van der Waals surface area contributed by atoms with Crippen molar-refractivity contribution < 1.29 is 0 Å². The van der Waals surface area contributed by atoms with Gasteiger partial charge in [0.15, 0.2) is 0 Å².